The molecule has 1 atom stereocenters. The van der Waals surface area contributed by atoms with E-state index in [-0.39, 0.29) is 0 Å². The maximum Gasteiger partial charge on any atom is 0.121 e. The molecule has 1 saturated heterocycles. The molecule has 94 valence electrons. The van der Waals surface area contributed by atoms with Gasteiger partial charge in [-0.1, -0.05) is 0 Å². The van der Waals surface area contributed by atoms with E-state index in [1.54, 1.807) is 7.11 Å². The summed E-state index contributed by atoms with van der Waals surface area (Å²) in [6.07, 6.45) is 3.85. The molecule has 0 spiro atoms. The topological polar surface area (TPSA) is 56.5 Å². The first-order valence-electron chi connectivity index (χ1n) is 6.08. The van der Waals surface area contributed by atoms with Gasteiger partial charge in [0.05, 0.1) is 24.6 Å². The zero-order chi connectivity index (χ0) is 12.1. The van der Waals surface area contributed by atoms with Crippen LogP contribution in [0.3, 0.4) is 0 Å². The third-order valence-corrected chi connectivity index (χ3v) is 3.05. The number of nitrogen functional groups attached to an aromatic ring is 1. The van der Waals surface area contributed by atoms with E-state index >= 15 is 0 Å². The van der Waals surface area contributed by atoms with Crippen LogP contribution in [0.1, 0.15) is 19.3 Å². The first kappa shape index (κ1) is 12.0. The van der Waals surface area contributed by atoms with Crippen LogP contribution in [0.25, 0.3) is 0 Å². The summed E-state index contributed by atoms with van der Waals surface area (Å²) in [6.45, 7) is 1.68. The molecule has 0 aromatic heterocycles. The second kappa shape index (κ2) is 5.77. The van der Waals surface area contributed by atoms with Gasteiger partial charge in [-0.25, -0.2) is 0 Å². The second-order valence-corrected chi connectivity index (χ2v) is 4.32. The van der Waals surface area contributed by atoms with E-state index in [0.717, 1.165) is 36.7 Å². The Hall–Kier alpha value is -1.42. The van der Waals surface area contributed by atoms with Crippen LogP contribution in [0.2, 0.25) is 0 Å². The molecule has 1 aromatic rings. The average molecular weight is 236 g/mol. The Morgan fingerprint density at radius 3 is 3.06 bits per heavy atom. The fourth-order valence-corrected chi connectivity index (χ4v) is 2.01. The molecule has 0 saturated carbocycles. The van der Waals surface area contributed by atoms with E-state index in [1.807, 2.05) is 18.2 Å². The maximum absolute atomic E-state index is 5.90. The summed E-state index contributed by atoms with van der Waals surface area (Å²) in [5.41, 5.74) is 7.55. The van der Waals surface area contributed by atoms with Gasteiger partial charge in [0.25, 0.3) is 0 Å². The minimum atomic E-state index is 0.300. The summed E-state index contributed by atoms with van der Waals surface area (Å²) in [5, 5.41) is 3.33. The molecule has 2 rings (SSSR count). The number of hydrogen-bond donors (Lipinski definition) is 2. The Morgan fingerprint density at radius 1 is 1.47 bits per heavy atom. The number of ether oxygens (including phenoxy) is 2. The Kier molecular flexibility index (Phi) is 4.09. The van der Waals surface area contributed by atoms with Crippen molar-refractivity contribution in [1.82, 2.24) is 0 Å². The normalized spacial score (nSPS) is 19.9. The number of anilines is 2. The van der Waals surface area contributed by atoms with Crippen LogP contribution in [-0.2, 0) is 4.74 Å². The van der Waals surface area contributed by atoms with Crippen LogP contribution in [-0.4, -0.2) is 26.4 Å². The Bertz CT molecular complexity index is 362. The van der Waals surface area contributed by atoms with Crippen molar-refractivity contribution in [3.8, 4) is 5.75 Å². The number of nitrogens with two attached hydrogens (primary N) is 1. The molecule has 0 amide bonds. The predicted octanol–water partition coefficient (Wildman–Crippen LogP) is 2.26. The van der Waals surface area contributed by atoms with E-state index in [1.165, 1.54) is 12.8 Å². The van der Waals surface area contributed by atoms with Crippen molar-refractivity contribution in [2.75, 3.05) is 31.3 Å². The summed E-state index contributed by atoms with van der Waals surface area (Å²) in [4.78, 5) is 0. The van der Waals surface area contributed by atoms with Gasteiger partial charge in [0.2, 0.25) is 0 Å². The van der Waals surface area contributed by atoms with Crippen LogP contribution in [0.4, 0.5) is 11.4 Å². The van der Waals surface area contributed by atoms with Crippen LogP contribution in [0.5, 0.6) is 5.75 Å². The van der Waals surface area contributed by atoms with E-state index in [4.69, 9.17) is 15.2 Å². The van der Waals surface area contributed by atoms with Crippen molar-refractivity contribution in [3.05, 3.63) is 18.2 Å². The third-order valence-electron chi connectivity index (χ3n) is 3.05. The first-order valence-corrected chi connectivity index (χ1v) is 6.08. The number of methoxy groups -OCH3 is 1. The van der Waals surface area contributed by atoms with Crippen LogP contribution in [0.15, 0.2) is 18.2 Å². The molecule has 1 aliphatic rings. The number of nitrogens with one attached hydrogen (secondary N) is 1. The maximum atomic E-state index is 5.90. The minimum Gasteiger partial charge on any atom is -0.497 e. The van der Waals surface area contributed by atoms with Gasteiger partial charge in [-0.05, 0) is 31.4 Å². The standard InChI is InChI=1S/C13H20N2O2/c1-16-10-5-6-12(14)13(8-10)15-9-11-4-2-3-7-17-11/h5-6,8,11,15H,2-4,7,9,14H2,1H3. The molecule has 1 fully saturated rings. The van der Waals surface area contributed by atoms with Gasteiger partial charge in [-0.15, -0.1) is 0 Å². The van der Waals surface area contributed by atoms with Crippen molar-refractivity contribution in [2.45, 2.75) is 25.4 Å². The predicted molar refractivity (Wildman–Crippen MR) is 69.5 cm³/mol. The minimum absolute atomic E-state index is 0.300. The molecule has 3 N–H and O–H groups in total. The van der Waals surface area contributed by atoms with E-state index in [9.17, 15) is 0 Å². The fraction of sp³-hybridized carbons (Fsp3) is 0.538. The zero-order valence-corrected chi connectivity index (χ0v) is 10.2. The van der Waals surface area contributed by atoms with Crippen molar-refractivity contribution < 1.29 is 9.47 Å². The molecule has 1 aliphatic heterocycles. The summed E-state index contributed by atoms with van der Waals surface area (Å²) >= 11 is 0. The SMILES string of the molecule is COc1ccc(N)c(NCC2CCCCO2)c1. The van der Waals surface area contributed by atoms with Gasteiger partial charge in [-0.3, -0.25) is 0 Å². The molecular weight excluding hydrogens is 216 g/mol. The quantitative estimate of drug-likeness (QED) is 0.787. The van der Waals surface area contributed by atoms with Crippen molar-refractivity contribution in [1.29, 1.82) is 0 Å². The monoisotopic (exact) mass is 236 g/mol. The lowest BCUT2D eigenvalue weighted by atomic mass is 10.1. The van der Waals surface area contributed by atoms with Gasteiger partial charge in [0.15, 0.2) is 0 Å². The molecule has 1 heterocycles. The largest absolute Gasteiger partial charge is 0.497 e. The molecule has 1 aromatic carbocycles. The zero-order valence-electron chi connectivity index (χ0n) is 10.2. The molecule has 17 heavy (non-hydrogen) atoms. The van der Waals surface area contributed by atoms with Crippen LogP contribution >= 0.6 is 0 Å². The summed E-state index contributed by atoms with van der Waals surface area (Å²) in [7, 11) is 1.65. The molecule has 0 radical (unpaired) electrons. The molecule has 4 nitrogen and oxygen atoms in total. The molecular formula is C13H20N2O2. The van der Waals surface area contributed by atoms with Crippen LogP contribution in [0, 0.1) is 0 Å². The summed E-state index contributed by atoms with van der Waals surface area (Å²) < 4.78 is 10.8. The molecule has 0 bridgehead atoms. The number of hydrogen-bond acceptors (Lipinski definition) is 4. The lowest BCUT2D eigenvalue weighted by Gasteiger charge is -2.23. The van der Waals surface area contributed by atoms with Crippen molar-refractivity contribution in [3.63, 3.8) is 0 Å². The highest BCUT2D eigenvalue weighted by molar-refractivity contribution is 5.68. The van der Waals surface area contributed by atoms with Crippen LogP contribution < -0.4 is 15.8 Å². The number of benzene rings is 1. The summed E-state index contributed by atoms with van der Waals surface area (Å²) in [6, 6.07) is 5.62. The highest BCUT2D eigenvalue weighted by Gasteiger charge is 2.13. The Balaban J connectivity index is 1.92. The summed E-state index contributed by atoms with van der Waals surface area (Å²) in [5.74, 6) is 0.811. The van der Waals surface area contributed by atoms with E-state index in [2.05, 4.69) is 5.32 Å². The third kappa shape index (κ3) is 3.27. The van der Waals surface area contributed by atoms with E-state index in [0.29, 0.717) is 6.10 Å². The number of rotatable bonds is 4. The Morgan fingerprint density at radius 2 is 2.35 bits per heavy atom. The lowest BCUT2D eigenvalue weighted by molar-refractivity contribution is 0.0248. The van der Waals surface area contributed by atoms with Gasteiger partial charge in [0, 0.05) is 19.2 Å². The first-order chi connectivity index (χ1) is 8.29. The van der Waals surface area contributed by atoms with Gasteiger partial charge >= 0.3 is 0 Å². The lowest BCUT2D eigenvalue weighted by Crippen LogP contribution is -2.27. The van der Waals surface area contributed by atoms with E-state index < -0.39 is 0 Å². The fourth-order valence-electron chi connectivity index (χ4n) is 2.01. The van der Waals surface area contributed by atoms with Crippen molar-refractivity contribution >= 4 is 11.4 Å². The highest BCUT2D eigenvalue weighted by Crippen LogP contribution is 2.24. The van der Waals surface area contributed by atoms with Gasteiger partial charge in [0.1, 0.15) is 5.75 Å². The highest BCUT2D eigenvalue weighted by atomic mass is 16.5. The van der Waals surface area contributed by atoms with Gasteiger partial charge < -0.3 is 20.5 Å². The smallest absolute Gasteiger partial charge is 0.121 e. The average Bonchev–Trinajstić information content (AvgIpc) is 2.39. The second-order valence-electron chi connectivity index (χ2n) is 4.32. The molecule has 0 aliphatic carbocycles. The molecule has 1 unspecified atom stereocenters. The van der Waals surface area contributed by atoms with Crippen molar-refractivity contribution in [2.24, 2.45) is 0 Å². The Labute approximate surface area is 102 Å². The molecule has 4 heteroatoms. The van der Waals surface area contributed by atoms with Gasteiger partial charge in [-0.2, -0.15) is 0 Å².